The van der Waals surface area contributed by atoms with Crippen molar-refractivity contribution < 1.29 is 29.1 Å². The highest BCUT2D eigenvalue weighted by Crippen LogP contribution is 2.41. The van der Waals surface area contributed by atoms with Gasteiger partial charge in [0, 0.05) is 18.6 Å². The fourth-order valence-corrected chi connectivity index (χ4v) is 6.41. The molecule has 1 unspecified atom stereocenters. The van der Waals surface area contributed by atoms with Crippen molar-refractivity contribution in [2.75, 3.05) is 23.9 Å². The molecule has 15 nitrogen and oxygen atoms in total. The Hall–Kier alpha value is -3.41. The average molecular weight is 602 g/mol. The first-order chi connectivity index (χ1) is 18.2. The standard InChI is InChI=1S/C19H17Cl2N9O6S2/c1-29-19(25-27-28-29)38-5-7-4-37-17-12(16(33)30(17)13(7)18(34)35)24-15(32)11(26-36-2)10-8(20)3-9(21)14(23-10)22-6-31/h3,6,12,17H,4-5H2,1-2H3,(H,24,32)(H,34,35)(H,22,23,31)/t12?,17-/m1/s1. The van der Waals surface area contributed by atoms with Gasteiger partial charge in [-0.05, 0) is 22.1 Å². The van der Waals surface area contributed by atoms with Crippen molar-refractivity contribution in [3.05, 3.63) is 33.1 Å². The van der Waals surface area contributed by atoms with Gasteiger partial charge >= 0.3 is 5.97 Å². The molecule has 2 aliphatic rings. The van der Waals surface area contributed by atoms with E-state index in [-0.39, 0.29) is 33.0 Å². The van der Waals surface area contributed by atoms with Crippen LogP contribution in [0.3, 0.4) is 0 Å². The SMILES string of the molecule is CON=C(C(=O)NC1C(=O)N2C(C(=O)O)=C(CSc3nnnn3C)CS[C@H]12)c1nc(NC=O)c(Cl)cc1Cl. The zero-order valence-electron chi connectivity index (χ0n) is 19.4. The molecule has 2 aromatic rings. The molecule has 0 radical (unpaired) electrons. The summed E-state index contributed by atoms with van der Waals surface area (Å²) in [7, 11) is 2.84. The van der Waals surface area contributed by atoms with E-state index in [1.807, 2.05) is 0 Å². The zero-order valence-corrected chi connectivity index (χ0v) is 22.6. The zero-order chi connectivity index (χ0) is 27.6. The lowest BCUT2D eigenvalue weighted by atomic mass is 10.0. The second kappa shape index (κ2) is 11.5. The van der Waals surface area contributed by atoms with E-state index in [0.717, 1.165) is 4.90 Å². The first-order valence-corrected chi connectivity index (χ1v) is 13.2. The minimum Gasteiger partial charge on any atom is -0.477 e. The topological polar surface area (TPSA) is 194 Å². The number of carboxylic acid groups (broad SMARTS) is 1. The maximum absolute atomic E-state index is 13.1. The lowest BCUT2D eigenvalue weighted by molar-refractivity contribution is -0.150. The number of nitrogens with zero attached hydrogens (tertiary/aromatic N) is 7. The Labute approximate surface area is 232 Å². The summed E-state index contributed by atoms with van der Waals surface area (Å²) >= 11 is 14.7. The summed E-state index contributed by atoms with van der Waals surface area (Å²) < 4.78 is 1.45. The van der Waals surface area contributed by atoms with Crippen LogP contribution in [-0.2, 0) is 31.1 Å². The molecule has 0 aromatic carbocycles. The third-order valence-corrected chi connectivity index (χ3v) is 8.25. The Morgan fingerprint density at radius 3 is 2.79 bits per heavy atom. The molecular formula is C19H17Cl2N9O6S2. The Morgan fingerprint density at radius 1 is 1.39 bits per heavy atom. The van der Waals surface area contributed by atoms with Crippen LogP contribution in [0.25, 0.3) is 0 Å². The fraction of sp³-hybridized carbons (Fsp3) is 0.316. The summed E-state index contributed by atoms with van der Waals surface area (Å²) in [6.45, 7) is 0. The number of halogens is 2. The molecule has 1 fully saturated rings. The number of rotatable bonds is 10. The van der Waals surface area contributed by atoms with Crippen molar-refractivity contribution in [2.45, 2.75) is 16.6 Å². The normalized spacial score (nSPS) is 19.0. The third kappa shape index (κ3) is 5.27. The van der Waals surface area contributed by atoms with E-state index in [0.29, 0.717) is 22.9 Å². The predicted octanol–water partition coefficient (Wildman–Crippen LogP) is 0.362. The molecule has 1 saturated heterocycles. The van der Waals surface area contributed by atoms with E-state index in [1.54, 1.807) is 7.05 Å². The van der Waals surface area contributed by atoms with Crippen LogP contribution in [0.5, 0.6) is 0 Å². The molecular weight excluding hydrogens is 585 g/mol. The van der Waals surface area contributed by atoms with E-state index in [4.69, 9.17) is 28.0 Å². The van der Waals surface area contributed by atoms with E-state index in [9.17, 15) is 24.3 Å². The van der Waals surface area contributed by atoms with Gasteiger partial charge in [0.25, 0.3) is 11.8 Å². The highest BCUT2D eigenvalue weighted by atomic mass is 35.5. The summed E-state index contributed by atoms with van der Waals surface area (Å²) in [5, 5.41) is 29.3. The van der Waals surface area contributed by atoms with E-state index in [1.165, 1.54) is 41.4 Å². The number of carboxylic acids is 1. The maximum Gasteiger partial charge on any atom is 0.352 e. The fourth-order valence-electron chi connectivity index (χ4n) is 3.57. The number of aliphatic carboxylic acids is 1. The minimum absolute atomic E-state index is 0.0174. The van der Waals surface area contributed by atoms with Gasteiger partial charge in [0.1, 0.15) is 29.9 Å². The molecule has 200 valence electrons. The second-order valence-corrected chi connectivity index (χ2v) is 10.4. The molecule has 2 aliphatic heterocycles. The van der Waals surface area contributed by atoms with Crippen molar-refractivity contribution >= 4 is 82.4 Å². The average Bonchev–Trinajstić information content (AvgIpc) is 3.30. The van der Waals surface area contributed by atoms with Gasteiger partial charge in [0.05, 0.1) is 10.0 Å². The number of oxime groups is 1. The summed E-state index contributed by atoms with van der Waals surface area (Å²) in [6.07, 6.45) is 0.339. The number of thioether (sulfide) groups is 2. The number of β-lactam (4-membered cyclic amide) rings is 1. The van der Waals surface area contributed by atoms with Gasteiger partial charge < -0.3 is 20.6 Å². The minimum atomic E-state index is -1.27. The molecule has 0 aliphatic carbocycles. The Kier molecular flexibility index (Phi) is 8.39. The summed E-state index contributed by atoms with van der Waals surface area (Å²) in [5.74, 6) is -2.29. The number of tetrazole rings is 1. The number of aryl methyl sites for hydroxylation is 1. The molecule has 3 amide bonds. The number of amides is 3. The van der Waals surface area contributed by atoms with Gasteiger partial charge in [-0.15, -0.1) is 16.9 Å². The molecule has 3 N–H and O–H groups in total. The second-order valence-electron chi connectivity index (χ2n) is 7.53. The van der Waals surface area contributed by atoms with Gasteiger partial charge in [-0.2, -0.15) is 0 Å². The largest absolute Gasteiger partial charge is 0.477 e. The number of aromatic nitrogens is 5. The van der Waals surface area contributed by atoms with Crippen LogP contribution in [-0.4, -0.2) is 95.1 Å². The third-order valence-electron chi connectivity index (χ3n) is 5.24. The van der Waals surface area contributed by atoms with Gasteiger partial charge in [0.15, 0.2) is 11.5 Å². The molecule has 0 bridgehead atoms. The van der Waals surface area contributed by atoms with Gasteiger partial charge in [-0.1, -0.05) is 40.1 Å². The van der Waals surface area contributed by atoms with Crippen LogP contribution in [0.2, 0.25) is 10.0 Å². The van der Waals surface area contributed by atoms with Gasteiger partial charge in [0.2, 0.25) is 11.6 Å². The Morgan fingerprint density at radius 2 is 2.16 bits per heavy atom. The monoisotopic (exact) mass is 601 g/mol. The van der Waals surface area contributed by atoms with Crippen molar-refractivity contribution in [3.8, 4) is 0 Å². The highest BCUT2D eigenvalue weighted by molar-refractivity contribution is 8.01. The van der Waals surface area contributed by atoms with Crippen LogP contribution in [0.15, 0.2) is 27.6 Å². The van der Waals surface area contributed by atoms with Crippen molar-refractivity contribution in [1.29, 1.82) is 0 Å². The number of fused-ring (bicyclic) bond motifs is 1. The summed E-state index contributed by atoms with van der Waals surface area (Å²) in [6, 6.07) is 0.198. The molecule has 2 atom stereocenters. The quantitative estimate of drug-likeness (QED) is 0.111. The molecule has 2 aromatic heterocycles. The Bertz CT molecular complexity index is 1380. The lowest BCUT2D eigenvalue weighted by Crippen LogP contribution is -2.71. The van der Waals surface area contributed by atoms with E-state index >= 15 is 0 Å². The van der Waals surface area contributed by atoms with Crippen LogP contribution in [0.4, 0.5) is 5.82 Å². The smallest absolute Gasteiger partial charge is 0.352 e. The number of nitrogens with one attached hydrogen (secondary N) is 2. The number of carbonyl (C=O) groups excluding carboxylic acids is 3. The molecule has 4 rings (SSSR count). The van der Waals surface area contributed by atoms with Crippen LogP contribution < -0.4 is 10.6 Å². The first-order valence-electron chi connectivity index (χ1n) is 10.4. The van der Waals surface area contributed by atoms with Crippen LogP contribution in [0.1, 0.15) is 5.69 Å². The van der Waals surface area contributed by atoms with E-state index in [2.05, 4.69) is 36.3 Å². The molecule has 19 heteroatoms. The molecule has 38 heavy (non-hydrogen) atoms. The van der Waals surface area contributed by atoms with Gasteiger partial charge in [-0.25, -0.2) is 14.5 Å². The number of hydrogen-bond acceptors (Lipinski definition) is 12. The molecule has 0 saturated carbocycles. The van der Waals surface area contributed by atoms with Crippen molar-refractivity contribution in [2.24, 2.45) is 12.2 Å². The first kappa shape index (κ1) is 27.6. The highest BCUT2D eigenvalue weighted by Gasteiger charge is 2.54. The molecule has 0 spiro atoms. The molecule has 4 heterocycles. The number of anilines is 1. The lowest BCUT2D eigenvalue weighted by Gasteiger charge is -2.49. The van der Waals surface area contributed by atoms with Crippen molar-refractivity contribution in [1.82, 2.24) is 35.4 Å². The number of carbonyl (C=O) groups is 4. The maximum atomic E-state index is 13.1. The van der Waals surface area contributed by atoms with Crippen LogP contribution in [0, 0.1) is 0 Å². The van der Waals surface area contributed by atoms with Crippen molar-refractivity contribution in [3.63, 3.8) is 0 Å². The summed E-state index contributed by atoms with van der Waals surface area (Å²) in [4.78, 5) is 59.1. The van der Waals surface area contributed by atoms with E-state index < -0.39 is 34.9 Å². The number of pyridine rings is 1. The number of hydrogen-bond donors (Lipinski definition) is 3. The predicted molar refractivity (Wildman–Crippen MR) is 137 cm³/mol. The summed E-state index contributed by atoms with van der Waals surface area (Å²) in [5.41, 5.74) is -0.189. The Balaban J connectivity index is 1.54. The van der Waals surface area contributed by atoms with Gasteiger partial charge in [-0.3, -0.25) is 19.3 Å². The van der Waals surface area contributed by atoms with Crippen LogP contribution >= 0.6 is 46.7 Å².